The summed E-state index contributed by atoms with van der Waals surface area (Å²) in [5, 5.41) is 5.93. The maximum absolute atomic E-state index is 11.9. The zero-order valence-corrected chi connectivity index (χ0v) is 21.3. The Labute approximate surface area is 209 Å². The second-order valence-electron chi connectivity index (χ2n) is 7.23. The Balaban J connectivity index is 2.36. The summed E-state index contributed by atoms with van der Waals surface area (Å²) in [5.74, 6) is -2.74. The van der Waals surface area contributed by atoms with Gasteiger partial charge in [-0.2, -0.15) is 0 Å². The molecule has 1 aliphatic rings. The molecule has 2 rings (SSSR count). The summed E-state index contributed by atoms with van der Waals surface area (Å²) >= 11 is 8.72. The Morgan fingerprint density at radius 2 is 1.53 bits per heavy atom. The number of carbonyl (C=O) groups excluding carboxylic acids is 4. The highest BCUT2D eigenvalue weighted by atomic mass is 79.9. The van der Waals surface area contributed by atoms with E-state index in [0.717, 1.165) is 25.2 Å². The number of nitrogens with one attached hydrogen (secondary N) is 2. The van der Waals surface area contributed by atoms with Crippen LogP contribution in [0.3, 0.4) is 0 Å². The SMILES string of the molecule is CC(=O)OC[C@@H]1O[C@@H](NC(=S)Nc2cccc(Br)c2)[C@@H](OC(C)=O)[C@@H](OC(C)=O)[C@@H]1OC(C)=O. The smallest absolute Gasteiger partial charge is 0.303 e. The molecule has 11 nitrogen and oxygen atoms in total. The predicted molar refractivity (Wildman–Crippen MR) is 125 cm³/mol. The van der Waals surface area contributed by atoms with Crippen LogP contribution in [-0.4, -0.2) is 66.2 Å². The zero-order valence-electron chi connectivity index (χ0n) is 18.9. The number of thiocarbonyl (C=S) groups is 1. The molecule has 0 aromatic heterocycles. The zero-order chi connectivity index (χ0) is 25.4. The van der Waals surface area contributed by atoms with Crippen molar-refractivity contribution in [3.05, 3.63) is 28.7 Å². The number of hydrogen-bond donors (Lipinski definition) is 2. The number of halogens is 1. The summed E-state index contributed by atoms with van der Waals surface area (Å²) in [6.07, 6.45) is -6.02. The minimum absolute atomic E-state index is 0.0963. The van der Waals surface area contributed by atoms with Crippen LogP contribution in [0.5, 0.6) is 0 Å². The normalized spacial score (nSPS) is 23.7. The Morgan fingerprint density at radius 1 is 0.941 bits per heavy atom. The van der Waals surface area contributed by atoms with Crippen molar-refractivity contribution < 1.29 is 42.9 Å². The molecule has 5 atom stereocenters. The third-order valence-electron chi connectivity index (χ3n) is 4.35. The van der Waals surface area contributed by atoms with Gasteiger partial charge in [-0.1, -0.05) is 22.0 Å². The van der Waals surface area contributed by atoms with Crippen molar-refractivity contribution in [3.8, 4) is 0 Å². The van der Waals surface area contributed by atoms with E-state index >= 15 is 0 Å². The molecule has 1 heterocycles. The fourth-order valence-electron chi connectivity index (χ4n) is 3.21. The number of benzene rings is 1. The van der Waals surface area contributed by atoms with Crippen molar-refractivity contribution in [3.63, 3.8) is 0 Å². The molecule has 34 heavy (non-hydrogen) atoms. The van der Waals surface area contributed by atoms with Gasteiger partial charge in [0.15, 0.2) is 29.7 Å². The monoisotopic (exact) mass is 560 g/mol. The summed E-state index contributed by atoms with van der Waals surface area (Å²) < 4.78 is 27.9. The molecule has 186 valence electrons. The van der Waals surface area contributed by atoms with Gasteiger partial charge in [0.1, 0.15) is 12.7 Å². The van der Waals surface area contributed by atoms with Crippen molar-refractivity contribution in [2.24, 2.45) is 0 Å². The number of anilines is 1. The molecule has 0 saturated carbocycles. The first-order valence-corrected chi connectivity index (χ1v) is 11.3. The van der Waals surface area contributed by atoms with Crippen LogP contribution in [-0.2, 0) is 42.9 Å². The molecule has 2 N–H and O–H groups in total. The molecule has 0 radical (unpaired) electrons. The van der Waals surface area contributed by atoms with Crippen LogP contribution in [0.2, 0.25) is 0 Å². The lowest BCUT2D eigenvalue weighted by Gasteiger charge is -2.44. The predicted octanol–water partition coefficient (Wildman–Crippen LogP) is 1.82. The first kappa shape index (κ1) is 27.5. The molecule has 1 fully saturated rings. The second kappa shape index (κ2) is 12.6. The summed E-state index contributed by atoms with van der Waals surface area (Å²) in [6.45, 7) is 4.32. The lowest BCUT2D eigenvalue weighted by molar-refractivity contribution is -0.254. The average Bonchev–Trinajstić information content (AvgIpc) is 2.70. The largest absolute Gasteiger partial charge is 0.463 e. The number of rotatable bonds is 7. The summed E-state index contributed by atoms with van der Waals surface area (Å²) in [7, 11) is 0. The van der Waals surface area contributed by atoms with E-state index in [9.17, 15) is 19.2 Å². The van der Waals surface area contributed by atoms with Gasteiger partial charge in [-0.25, -0.2) is 0 Å². The second-order valence-corrected chi connectivity index (χ2v) is 8.55. The van der Waals surface area contributed by atoms with Crippen LogP contribution < -0.4 is 10.6 Å². The van der Waals surface area contributed by atoms with Crippen molar-refractivity contribution >= 4 is 62.8 Å². The molecule has 1 saturated heterocycles. The molecule has 1 aliphatic heterocycles. The molecule has 0 unspecified atom stereocenters. The van der Waals surface area contributed by atoms with E-state index in [1.165, 1.54) is 6.92 Å². The van der Waals surface area contributed by atoms with Crippen molar-refractivity contribution in [2.45, 2.75) is 58.3 Å². The highest BCUT2D eigenvalue weighted by Crippen LogP contribution is 2.28. The Hall–Kier alpha value is -2.77. The Morgan fingerprint density at radius 3 is 2.09 bits per heavy atom. The maximum atomic E-state index is 11.9. The summed E-state index contributed by atoms with van der Waals surface area (Å²) in [6, 6.07) is 7.18. The minimum Gasteiger partial charge on any atom is -0.463 e. The summed E-state index contributed by atoms with van der Waals surface area (Å²) in [5.41, 5.74) is 0.650. The van der Waals surface area contributed by atoms with E-state index < -0.39 is 54.5 Å². The van der Waals surface area contributed by atoms with Gasteiger partial charge >= 0.3 is 23.9 Å². The molecule has 0 spiro atoms. The van der Waals surface area contributed by atoms with Gasteiger partial charge in [0.05, 0.1) is 0 Å². The number of esters is 4. The standard InChI is InChI=1S/C21H25BrN2O9S/c1-10(25)29-9-16-17(30-11(2)26)18(31-12(3)27)19(32-13(4)28)20(33-16)24-21(34)23-15-7-5-6-14(22)8-15/h5-8,16-20H,9H2,1-4H3,(H2,23,24,34)/t16-,17+,18-,19-,20+/m0/s1. The van der Waals surface area contributed by atoms with E-state index in [-0.39, 0.29) is 11.7 Å². The van der Waals surface area contributed by atoms with E-state index in [1.807, 2.05) is 6.07 Å². The van der Waals surface area contributed by atoms with Crippen LogP contribution in [0.1, 0.15) is 27.7 Å². The molecular formula is C21H25BrN2O9S. The van der Waals surface area contributed by atoms with Gasteiger partial charge in [0.2, 0.25) is 0 Å². The van der Waals surface area contributed by atoms with Crippen LogP contribution >= 0.6 is 28.1 Å². The number of carbonyl (C=O) groups is 4. The van der Waals surface area contributed by atoms with Crippen LogP contribution in [0, 0.1) is 0 Å². The fraction of sp³-hybridized carbons (Fsp3) is 0.476. The van der Waals surface area contributed by atoms with Gasteiger partial charge in [0.25, 0.3) is 0 Å². The van der Waals surface area contributed by atoms with Gasteiger partial charge < -0.3 is 34.3 Å². The lowest BCUT2D eigenvalue weighted by Crippen LogP contribution is -2.66. The van der Waals surface area contributed by atoms with Crippen LogP contribution in [0.4, 0.5) is 5.69 Å². The minimum atomic E-state index is -1.29. The van der Waals surface area contributed by atoms with Gasteiger partial charge in [-0.3, -0.25) is 19.2 Å². The highest BCUT2D eigenvalue weighted by Gasteiger charge is 2.52. The Bertz CT molecular complexity index is 945. The number of ether oxygens (including phenoxy) is 5. The first-order chi connectivity index (χ1) is 16.0. The highest BCUT2D eigenvalue weighted by molar-refractivity contribution is 9.10. The van der Waals surface area contributed by atoms with E-state index in [4.69, 9.17) is 35.9 Å². The van der Waals surface area contributed by atoms with E-state index in [1.54, 1.807) is 18.2 Å². The van der Waals surface area contributed by atoms with E-state index in [0.29, 0.717) is 5.69 Å². The number of hydrogen-bond acceptors (Lipinski definition) is 10. The van der Waals surface area contributed by atoms with Crippen molar-refractivity contribution in [2.75, 3.05) is 11.9 Å². The van der Waals surface area contributed by atoms with Gasteiger partial charge in [0, 0.05) is 37.9 Å². The molecule has 0 bridgehead atoms. The molecule has 0 amide bonds. The van der Waals surface area contributed by atoms with E-state index in [2.05, 4.69) is 26.6 Å². The Kier molecular flexibility index (Phi) is 10.2. The molecule has 1 aromatic carbocycles. The van der Waals surface area contributed by atoms with Crippen molar-refractivity contribution in [1.82, 2.24) is 5.32 Å². The third kappa shape index (κ3) is 8.54. The summed E-state index contributed by atoms with van der Waals surface area (Å²) in [4.78, 5) is 46.9. The van der Waals surface area contributed by atoms with Crippen LogP contribution in [0.15, 0.2) is 28.7 Å². The average molecular weight is 561 g/mol. The van der Waals surface area contributed by atoms with Gasteiger partial charge in [-0.05, 0) is 30.4 Å². The third-order valence-corrected chi connectivity index (χ3v) is 5.06. The topological polar surface area (TPSA) is 138 Å². The van der Waals surface area contributed by atoms with Crippen molar-refractivity contribution in [1.29, 1.82) is 0 Å². The maximum Gasteiger partial charge on any atom is 0.303 e. The molecule has 1 aromatic rings. The molecule has 0 aliphatic carbocycles. The van der Waals surface area contributed by atoms with Gasteiger partial charge in [-0.15, -0.1) is 0 Å². The lowest BCUT2D eigenvalue weighted by atomic mass is 9.97. The first-order valence-electron chi connectivity index (χ1n) is 10.1. The molecular weight excluding hydrogens is 536 g/mol. The van der Waals surface area contributed by atoms with Crippen LogP contribution in [0.25, 0.3) is 0 Å². The quantitative estimate of drug-likeness (QED) is 0.285. The molecule has 13 heteroatoms. The fourth-order valence-corrected chi connectivity index (χ4v) is 3.84.